The van der Waals surface area contributed by atoms with Crippen LogP contribution in [0.3, 0.4) is 0 Å². The van der Waals surface area contributed by atoms with Crippen molar-refractivity contribution in [1.29, 1.82) is 0 Å². The Morgan fingerprint density at radius 3 is 2.65 bits per heavy atom. The number of likely N-dealkylation sites (tertiary alicyclic amines) is 1. The predicted molar refractivity (Wildman–Crippen MR) is 101 cm³/mol. The molecule has 3 heterocycles. The first-order chi connectivity index (χ1) is 12.7. The van der Waals surface area contributed by atoms with Crippen molar-refractivity contribution >= 4 is 5.91 Å². The van der Waals surface area contributed by atoms with Crippen molar-refractivity contribution in [3.8, 4) is 0 Å². The first kappa shape index (κ1) is 18.0. The van der Waals surface area contributed by atoms with E-state index in [-0.39, 0.29) is 0 Å². The summed E-state index contributed by atoms with van der Waals surface area (Å²) in [5.74, 6) is 3.68. The minimum Gasteiger partial charge on any atom is -0.340 e. The van der Waals surface area contributed by atoms with Crippen LogP contribution in [-0.2, 0) is 17.8 Å². The van der Waals surface area contributed by atoms with Gasteiger partial charge in [-0.25, -0.2) is 0 Å². The molecule has 6 heteroatoms. The molecule has 0 spiro atoms. The zero-order valence-electron chi connectivity index (χ0n) is 16.2. The molecule has 2 aliphatic heterocycles. The third-order valence-corrected chi connectivity index (χ3v) is 6.59. The highest BCUT2D eigenvalue weighted by atomic mass is 16.2. The highest BCUT2D eigenvalue weighted by Crippen LogP contribution is 2.28. The van der Waals surface area contributed by atoms with Gasteiger partial charge in [0.2, 0.25) is 5.91 Å². The number of hydrogen-bond acceptors (Lipinski definition) is 4. The van der Waals surface area contributed by atoms with Gasteiger partial charge in [-0.15, -0.1) is 10.2 Å². The van der Waals surface area contributed by atoms with E-state index in [1.165, 1.54) is 51.5 Å². The van der Waals surface area contributed by atoms with Crippen molar-refractivity contribution < 1.29 is 4.79 Å². The summed E-state index contributed by atoms with van der Waals surface area (Å²) in [7, 11) is 2.19. The minimum absolute atomic E-state index is 0.356. The summed E-state index contributed by atoms with van der Waals surface area (Å²) < 4.78 is 2.32. The van der Waals surface area contributed by atoms with Crippen LogP contribution in [0.1, 0.15) is 68.9 Å². The molecular weight excluding hydrogens is 326 g/mol. The number of fused-ring (bicyclic) bond motifs is 1. The summed E-state index contributed by atoms with van der Waals surface area (Å²) in [5, 5.41) is 9.03. The van der Waals surface area contributed by atoms with Gasteiger partial charge in [-0.05, 0) is 45.2 Å². The first-order valence-corrected chi connectivity index (χ1v) is 10.6. The van der Waals surface area contributed by atoms with Crippen molar-refractivity contribution in [2.75, 3.05) is 33.2 Å². The van der Waals surface area contributed by atoms with Crippen molar-refractivity contribution in [3.63, 3.8) is 0 Å². The number of nitrogens with zero attached hydrogens (tertiary/aromatic N) is 5. The van der Waals surface area contributed by atoms with Crippen LogP contribution in [0, 0.1) is 5.92 Å². The van der Waals surface area contributed by atoms with Gasteiger partial charge in [-0.1, -0.05) is 19.3 Å². The standard InChI is InChI=1S/C20H33N5O/c1-23-10-5-8-17(15-23)20-22-21-18-9-11-24(12-13-25(18)20)19(26)14-16-6-3-2-4-7-16/h16-17H,2-15H2,1H3/t17-/m1/s1. The third kappa shape index (κ3) is 3.95. The predicted octanol–water partition coefficient (Wildman–Crippen LogP) is 2.44. The summed E-state index contributed by atoms with van der Waals surface area (Å²) >= 11 is 0. The SMILES string of the molecule is CN1CCC[C@@H](c2nnc3n2CCN(C(=O)CC2CCCCC2)CC3)C1. The topological polar surface area (TPSA) is 54.3 Å². The third-order valence-electron chi connectivity index (χ3n) is 6.59. The molecular formula is C20H33N5O. The molecule has 144 valence electrons. The van der Waals surface area contributed by atoms with E-state index in [0.717, 1.165) is 50.7 Å². The van der Waals surface area contributed by atoms with Crippen LogP contribution < -0.4 is 0 Å². The van der Waals surface area contributed by atoms with Gasteiger partial charge in [0, 0.05) is 44.9 Å². The van der Waals surface area contributed by atoms with Crippen LogP contribution in [0.2, 0.25) is 0 Å². The molecule has 26 heavy (non-hydrogen) atoms. The lowest BCUT2D eigenvalue weighted by Crippen LogP contribution is -2.35. The minimum atomic E-state index is 0.356. The molecule has 1 amide bonds. The molecule has 0 N–H and O–H groups in total. The van der Waals surface area contributed by atoms with E-state index in [9.17, 15) is 4.79 Å². The lowest BCUT2D eigenvalue weighted by molar-refractivity contribution is -0.132. The Bertz CT molecular complexity index is 622. The largest absolute Gasteiger partial charge is 0.340 e. The maximum atomic E-state index is 12.8. The molecule has 6 nitrogen and oxygen atoms in total. The van der Waals surface area contributed by atoms with Gasteiger partial charge in [0.1, 0.15) is 11.6 Å². The van der Waals surface area contributed by atoms with Gasteiger partial charge in [0.05, 0.1) is 0 Å². The fraction of sp³-hybridized carbons (Fsp3) is 0.850. The van der Waals surface area contributed by atoms with Gasteiger partial charge >= 0.3 is 0 Å². The quantitative estimate of drug-likeness (QED) is 0.832. The Hall–Kier alpha value is -1.43. The molecule has 1 aliphatic carbocycles. The van der Waals surface area contributed by atoms with E-state index in [1.807, 2.05) is 0 Å². The van der Waals surface area contributed by atoms with Gasteiger partial charge < -0.3 is 14.4 Å². The number of aromatic nitrogens is 3. The number of carbonyl (C=O) groups excluding carboxylic acids is 1. The molecule has 1 atom stereocenters. The Kier molecular flexibility index (Phi) is 5.57. The molecule has 0 unspecified atom stereocenters. The second kappa shape index (κ2) is 8.07. The van der Waals surface area contributed by atoms with Crippen LogP contribution in [0.15, 0.2) is 0 Å². The van der Waals surface area contributed by atoms with Crippen LogP contribution >= 0.6 is 0 Å². The van der Waals surface area contributed by atoms with E-state index < -0.39 is 0 Å². The fourth-order valence-electron chi connectivity index (χ4n) is 5.04. The molecule has 1 aromatic heterocycles. The molecule has 1 saturated heterocycles. The van der Waals surface area contributed by atoms with Crippen LogP contribution in [0.5, 0.6) is 0 Å². The van der Waals surface area contributed by atoms with E-state index in [2.05, 4.69) is 31.6 Å². The smallest absolute Gasteiger partial charge is 0.222 e. The summed E-state index contributed by atoms with van der Waals surface area (Å²) in [6.07, 6.45) is 10.5. The van der Waals surface area contributed by atoms with E-state index in [4.69, 9.17) is 0 Å². The van der Waals surface area contributed by atoms with Crippen LogP contribution in [0.25, 0.3) is 0 Å². The Labute approximate surface area is 156 Å². The zero-order valence-corrected chi connectivity index (χ0v) is 16.2. The number of piperidine rings is 1. The van der Waals surface area contributed by atoms with Gasteiger partial charge in [-0.2, -0.15) is 0 Å². The van der Waals surface area contributed by atoms with Crippen molar-refractivity contribution in [2.24, 2.45) is 5.92 Å². The highest BCUT2D eigenvalue weighted by Gasteiger charge is 2.28. The maximum absolute atomic E-state index is 12.8. The normalized spacial score (nSPS) is 25.7. The molecule has 4 rings (SSSR count). The highest BCUT2D eigenvalue weighted by molar-refractivity contribution is 5.76. The fourth-order valence-corrected chi connectivity index (χ4v) is 5.04. The number of rotatable bonds is 3. The van der Waals surface area contributed by atoms with Crippen molar-refractivity contribution in [2.45, 2.75) is 70.3 Å². The number of amides is 1. The first-order valence-electron chi connectivity index (χ1n) is 10.6. The average Bonchev–Trinajstić information content (AvgIpc) is 2.94. The molecule has 0 radical (unpaired) electrons. The Balaban J connectivity index is 1.38. The Morgan fingerprint density at radius 1 is 1.00 bits per heavy atom. The zero-order chi connectivity index (χ0) is 17.9. The number of likely N-dealkylation sites (N-methyl/N-ethyl adjacent to an activating group) is 1. The van der Waals surface area contributed by atoms with Gasteiger partial charge in [0.15, 0.2) is 0 Å². The number of hydrogen-bond donors (Lipinski definition) is 0. The summed E-state index contributed by atoms with van der Waals surface area (Å²) in [5.41, 5.74) is 0. The van der Waals surface area contributed by atoms with Crippen molar-refractivity contribution in [1.82, 2.24) is 24.6 Å². The van der Waals surface area contributed by atoms with E-state index in [0.29, 0.717) is 17.7 Å². The molecule has 3 aliphatic rings. The summed E-state index contributed by atoms with van der Waals surface area (Å²) in [4.78, 5) is 17.3. The maximum Gasteiger partial charge on any atom is 0.222 e. The second-order valence-electron chi connectivity index (χ2n) is 8.57. The van der Waals surface area contributed by atoms with Gasteiger partial charge in [-0.3, -0.25) is 4.79 Å². The van der Waals surface area contributed by atoms with Gasteiger partial charge in [0.25, 0.3) is 0 Å². The molecule has 2 fully saturated rings. The average molecular weight is 360 g/mol. The Morgan fingerprint density at radius 2 is 1.85 bits per heavy atom. The number of carbonyl (C=O) groups is 1. The molecule has 1 saturated carbocycles. The summed E-state index contributed by atoms with van der Waals surface area (Å²) in [6.45, 7) is 4.72. The monoisotopic (exact) mass is 359 g/mol. The van der Waals surface area contributed by atoms with E-state index in [1.54, 1.807) is 0 Å². The molecule has 1 aromatic rings. The van der Waals surface area contributed by atoms with Crippen LogP contribution in [0.4, 0.5) is 0 Å². The second-order valence-corrected chi connectivity index (χ2v) is 8.57. The molecule has 0 bridgehead atoms. The molecule has 0 aromatic carbocycles. The lowest BCUT2D eigenvalue weighted by atomic mass is 9.86. The van der Waals surface area contributed by atoms with Crippen LogP contribution in [-0.4, -0.2) is 63.7 Å². The lowest BCUT2D eigenvalue weighted by Gasteiger charge is -2.29. The summed E-state index contributed by atoms with van der Waals surface area (Å²) in [6, 6.07) is 0. The van der Waals surface area contributed by atoms with E-state index >= 15 is 0 Å². The van der Waals surface area contributed by atoms with Crippen molar-refractivity contribution in [3.05, 3.63) is 11.6 Å².